The van der Waals surface area contributed by atoms with E-state index in [0.29, 0.717) is 31.1 Å². The van der Waals surface area contributed by atoms with E-state index in [4.69, 9.17) is 0 Å². The molecule has 1 aromatic heterocycles. The van der Waals surface area contributed by atoms with Crippen LogP contribution in [0.4, 0.5) is 0 Å². The minimum Gasteiger partial charge on any atom is -0.356 e. The summed E-state index contributed by atoms with van der Waals surface area (Å²) in [5.41, 5.74) is 0.583. The number of allylic oxidation sites excluding steroid dienone is 1. The summed E-state index contributed by atoms with van der Waals surface area (Å²) in [6.45, 7) is 8.89. The van der Waals surface area contributed by atoms with Crippen LogP contribution in [-0.2, 0) is 27.5 Å². The first kappa shape index (κ1) is 20.5. The van der Waals surface area contributed by atoms with Crippen LogP contribution in [0.1, 0.15) is 39.8 Å². The predicted octanol–water partition coefficient (Wildman–Crippen LogP) is 0.838. The molecule has 8 nitrogen and oxygen atoms in total. The van der Waals surface area contributed by atoms with E-state index in [9.17, 15) is 14.4 Å². The van der Waals surface area contributed by atoms with E-state index in [1.807, 2.05) is 13.8 Å². The molecular formula is C17H27N5O3. The normalized spacial score (nSPS) is 11.3. The van der Waals surface area contributed by atoms with Crippen LogP contribution < -0.4 is 10.6 Å². The molecule has 0 aliphatic rings. The van der Waals surface area contributed by atoms with E-state index in [0.717, 1.165) is 0 Å². The van der Waals surface area contributed by atoms with Gasteiger partial charge in [0.1, 0.15) is 5.69 Å². The Balaban J connectivity index is 2.34. The summed E-state index contributed by atoms with van der Waals surface area (Å²) in [7, 11) is 0. The SMILES string of the molecule is CC(C)CNC(=O)CCn1cc(CNC(=O)/C=C/C(=O)C(C)C)nn1. The Labute approximate surface area is 148 Å². The first-order valence-corrected chi connectivity index (χ1v) is 8.43. The van der Waals surface area contributed by atoms with Crippen molar-refractivity contribution in [2.75, 3.05) is 6.54 Å². The zero-order valence-electron chi connectivity index (χ0n) is 15.3. The molecule has 0 unspecified atom stereocenters. The van der Waals surface area contributed by atoms with Crippen LogP contribution in [0.3, 0.4) is 0 Å². The average Bonchev–Trinajstić information content (AvgIpc) is 3.01. The molecular weight excluding hydrogens is 322 g/mol. The largest absolute Gasteiger partial charge is 0.356 e. The maximum Gasteiger partial charge on any atom is 0.244 e. The van der Waals surface area contributed by atoms with Crippen molar-refractivity contribution in [1.82, 2.24) is 25.6 Å². The Hall–Kier alpha value is -2.51. The van der Waals surface area contributed by atoms with Crippen molar-refractivity contribution in [3.63, 3.8) is 0 Å². The summed E-state index contributed by atoms with van der Waals surface area (Å²) < 4.78 is 1.56. The lowest BCUT2D eigenvalue weighted by Gasteiger charge is -2.07. The predicted molar refractivity (Wildman–Crippen MR) is 93.3 cm³/mol. The van der Waals surface area contributed by atoms with Crippen molar-refractivity contribution >= 4 is 17.6 Å². The molecule has 0 aliphatic carbocycles. The number of ketones is 1. The molecule has 2 amide bonds. The van der Waals surface area contributed by atoms with Crippen molar-refractivity contribution < 1.29 is 14.4 Å². The number of amides is 2. The van der Waals surface area contributed by atoms with Crippen LogP contribution in [0.25, 0.3) is 0 Å². The molecule has 0 saturated carbocycles. The van der Waals surface area contributed by atoms with Gasteiger partial charge in [-0.05, 0) is 12.0 Å². The van der Waals surface area contributed by atoms with E-state index in [2.05, 4.69) is 20.9 Å². The molecule has 0 bridgehead atoms. The lowest BCUT2D eigenvalue weighted by atomic mass is 10.1. The van der Waals surface area contributed by atoms with Crippen molar-refractivity contribution in [3.05, 3.63) is 24.0 Å². The smallest absolute Gasteiger partial charge is 0.244 e. The standard InChI is InChI=1S/C17H27N5O3/c1-12(2)9-18-17(25)7-8-22-11-14(20-21-22)10-19-16(24)6-5-15(23)13(3)4/h5-6,11-13H,7-10H2,1-4H3,(H,18,25)(H,19,24)/b6-5+. The van der Waals surface area contributed by atoms with E-state index < -0.39 is 0 Å². The number of carbonyl (C=O) groups excluding carboxylic acids is 3. The summed E-state index contributed by atoms with van der Waals surface area (Å²) in [6, 6.07) is 0. The molecule has 138 valence electrons. The number of carbonyl (C=O) groups is 3. The molecule has 0 aromatic carbocycles. The second-order valence-corrected chi connectivity index (χ2v) is 6.53. The molecule has 1 rings (SSSR count). The Morgan fingerprint density at radius 3 is 2.52 bits per heavy atom. The van der Waals surface area contributed by atoms with E-state index in [1.165, 1.54) is 12.2 Å². The van der Waals surface area contributed by atoms with Crippen molar-refractivity contribution in [3.8, 4) is 0 Å². The van der Waals surface area contributed by atoms with E-state index in [1.54, 1.807) is 24.7 Å². The molecule has 0 aliphatic heterocycles. The summed E-state index contributed by atoms with van der Waals surface area (Å²) in [5.74, 6) is -0.218. The first-order valence-electron chi connectivity index (χ1n) is 8.43. The first-order chi connectivity index (χ1) is 11.8. The van der Waals surface area contributed by atoms with Gasteiger partial charge in [-0.25, -0.2) is 0 Å². The van der Waals surface area contributed by atoms with Crippen LogP contribution in [-0.4, -0.2) is 39.1 Å². The van der Waals surface area contributed by atoms with Crippen LogP contribution in [0, 0.1) is 11.8 Å². The van der Waals surface area contributed by atoms with Crippen LogP contribution in [0.15, 0.2) is 18.3 Å². The van der Waals surface area contributed by atoms with Gasteiger partial charge in [-0.15, -0.1) is 5.10 Å². The van der Waals surface area contributed by atoms with Gasteiger partial charge in [-0.3, -0.25) is 19.1 Å². The van der Waals surface area contributed by atoms with Gasteiger partial charge >= 0.3 is 0 Å². The summed E-state index contributed by atoms with van der Waals surface area (Å²) in [5, 5.41) is 13.3. The van der Waals surface area contributed by atoms with E-state index >= 15 is 0 Å². The minimum atomic E-state index is -0.364. The Morgan fingerprint density at radius 1 is 1.16 bits per heavy atom. The Morgan fingerprint density at radius 2 is 1.88 bits per heavy atom. The van der Waals surface area contributed by atoms with Gasteiger partial charge in [-0.1, -0.05) is 32.9 Å². The van der Waals surface area contributed by atoms with Crippen molar-refractivity contribution in [2.24, 2.45) is 11.8 Å². The number of nitrogens with one attached hydrogen (secondary N) is 2. The zero-order valence-corrected chi connectivity index (χ0v) is 15.3. The second kappa shape index (κ2) is 10.4. The number of rotatable bonds is 10. The highest BCUT2D eigenvalue weighted by Crippen LogP contribution is 1.97. The van der Waals surface area contributed by atoms with Gasteiger partial charge in [0.05, 0.1) is 19.3 Å². The van der Waals surface area contributed by atoms with Crippen molar-refractivity contribution in [2.45, 2.75) is 47.2 Å². The number of aryl methyl sites for hydroxylation is 1. The number of hydrogen-bond acceptors (Lipinski definition) is 5. The van der Waals surface area contributed by atoms with Crippen LogP contribution in [0.2, 0.25) is 0 Å². The molecule has 1 aromatic rings. The maximum absolute atomic E-state index is 11.7. The number of aromatic nitrogens is 3. The fourth-order valence-corrected chi connectivity index (χ4v) is 1.74. The molecule has 2 N–H and O–H groups in total. The molecule has 0 radical (unpaired) electrons. The van der Waals surface area contributed by atoms with Crippen LogP contribution >= 0.6 is 0 Å². The van der Waals surface area contributed by atoms with Gasteiger partial charge in [0.2, 0.25) is 11.8 Å². The highest BCUT2D eigenvalue weighted by Gasteiger charge is 2.07. The third-order valence-electron chi connectivity index (χ3n) is 3.27. The highest BCUT2D eigenvalue weighted by atomic mass is 16.2. The highest BCUT2D eigenvalue weighted by molar-refractivity contribution is 5.98. The van der Waals surface area contributed by atoms with Gasteiger partial charge in [0, 0.05) is 25.0 Å². The number of hydrogen-bond donors (Lipinski definition) is 2. The van der Waals surface area contributed by atoms with Gasteiger partial charge in [0.25, 0.3) is 0 Å². The monoisotopic (exact) mass is 349 g/mol. The lowest BCUT2D eigenvalue weighted by Crippen LogP contribution is -2.28. The average molecular weight is 349 g/mol. The van der Waals surface area contributed by atoms with Crippen molar-refractivity contribution in [1.29, 1.82) is 0 Å². The molecule has 0 fully saturated rings. The quantitative estimate of drug-likeness (QED) is 0.609. The molecule has 0 atom stereocenters. The molecule has 1 heterocycles. The summed E-state index contributed by atoms with van der Waals surface area (Å²) >= 11 is 0. The third-order valence-corrected chi connectivity index (χ3v) is 3.27. The topological polar surface area (TPSA) is 106 Å². The second-order valence-electron chi connectivity index (χ2n) is 6.53. The van der Waals surface area contributed by atoms with Gasteiger partial charge < -0.3 is 10.6 Å². The summed E-state index contributed by atoms with van der Waals surface area (Å²) in [6.07, 6.45) is 4.49. The third kappa shape index (κ3) is 8.78. The molecule has 0 spiro atoms. The fraction of sp³-hybridized carbons (Fsp3) is 0.588. The Bertz CT molecular complexity index is 620. The number of nitrogens with zero attached hydrogens (tertiary/aromatic N) is 3. The maximum atomic E-state index is 11.7. The minimum absolute atomic E-state index is 0.0287. The molecule has 8 heteroatoms. The fourth-order valence-electron chi connectivity index (χ4n) is 1.74. The molecule has 25 heavy (non-hydrogen) atoms. The van der Waals surface area contributed by atoms with Gasteiger partial charge in [0.15, 0.2) is 5.78 Å². The zero-order chi connectivity index (χ0) is 18.8. The summed E-state index contributed by atoms with van der Waals surface area (Å²) in [4.78, 5) is 34.7. The van der Waals surface area contributed by atoms with Gasteiger partial charge in [-0.2, -0.15) is 0 Å². The van der Waals surface area contributed by atoms with Crippen LogP contribution in [0.5, 0.6) is 0 Å². The molecule has 0 saturated heterocycles. The lowest BCUT2D eigenvalue weighted by molar-refractivity contribution is -0.121. The van der Waals surface area contributed by atoms with E-state index in [-0.39, 0.29) is 30.1 Å². The Kier molecular flexibility index (Phi) is 8.52.